The van der Waals surface area contributed by atoms with Crippen molar-refractivity contribution in [2.24, 2.45) is 4.99 Å². The first-order chi connectivity index (χ1) is 12.3. The van der Waals surface area contributed by atoms with Gasteiger partial charge in [0.25, 0.3) is 0 Å². The SMILES string of the molecule is CCN(C)/C=N/c1cc(C)c(C(=O)OCc2c(F)cccc2Cl)cc1C. The van der Waals surface area contributed by atoms with Crippen molar-refractivity contribution >= 4 is 29.6 Å². The maximum absolute atomic E-state index is 13.8. The molecule has 0 aromatic heterocycles. The summed E-state index contributed by atoms with van der Waals surface area (Å²) in [6.45, 7) is 6.36. The van der Waals surface area contributed by atoms with Gasteiger partial charge in [0.05, 0.1) is 22.6 Å². The number of ether oxygens (including phenoxy) is 1. The lowest BCUT2D eigenvalue weighted by Gasteiger charge is -2.12. The number of aliphatic imine (C=N–C) groups is 1. The van der Waals surface area contributed by atoms with Crippen LogP contribution < -0.4 is 0 Å². The number of aryl methyl sites for hydroxylation is 2. The lowest BCUT2D eigenvalue weighted by atomic mass is 10.0. The second-order valence-corrected chi connectivity index (χ2v) is 6.45. The Balaban J connectivity index is 2.17. The highest BCUT2D eigenvalue weighted by Crippen LogP contribution is 2.25. The molecule has 0 bridgehead atoms. The Hall–Kier alpha value is -2.40. The summed E-state index contributed by atoms with van der Waals surface area (Å²) >= 11 is 5.96. The maximum Gasteiger partial charge on any atom is 0.338 e. The minimum Gasteiger partial charge on any atom is -0.457 e. The van der Waals surface area contributed by atoms with E-state index in [1.54, 1.807) is 18.5 Å². The molecular formula is C20H22ClFN2O2. The molecule has 6 heteroatoms. The average Bonchev–Trinajstić information content (AvgIpc) is 2.61. The number of hydrogen-bond donors (Lipinski definition) is 0. The van der Waals surface area contributed by atoms with E-state index in [9.17, 15) is 9.18 Å². The van der Waals surface area contributed by atoms with Crippen LogP contribution in [-0.4, -0.2) is 30.8 Å². The molecule has 2 rings (SSSR count). The Labute approximate surface area is 158 Å². The quantitative estimate of drug-likeness (QED) is 0.402. The molecule has 0 aliphatic heterocycles. The Morgan fingerprint density at radius 3 is 2.69 bits per heavy atom. The normalized spacial score (nSPS) is 11.0. The monoisotopic (exact) mass is 376 g/mol. The third-order valence-electron chi connectivity index (χ3n) is 4.06. The fraction of sp³-hybridized carbons (Fsp3) is 0.300. The molecule has 0 atom stereocenters. The zero-order valence-electron chi connectivity index (χ0n) is 15.3. The first-order valence-electron chi connectivity index (χ1n) is 8.29. The lowest BCUT2D eigenvalue weighted by Crippen LogP contribution is -2.14. The third kappa shape index (κ3) is 4.82. The second-order valence-electron chi connectivity index (χ2n) is 6.05. The van der Waals surface area contributed by atoms with E-state index < -0.39 is 11.8 Å². The number of nitrogens with zero attached hydrogens (tertiary/aromatic N) is 2. The Kier molecular flexibility index (Phi) is 6.75. The van der Waals surface area contributed by atoms with E-state index in [-0.39, 0.29) is 17.2 Å². The number of carbonyl (C=O) groups is 1. The molecule has 0 N–H and O–H groups in total. The summed E-state index contributed by atoms with van der Waals surface area (Å²) in [5, 5.41) is 0.232. The molecule has 138 valence electrons. The van der Waals surface area contributed by atoms with E-state index >= 15 is 0 Å². The van der Waals surface area contributed by atoms with Gasteiger partial charge in [0.1, 0.15) is 12.4 Å². The molecule has 4 nitrogen and oxygen atoms in total. The molecule has 0 fully saturated rings. The van der Waals surface area contributed by atoms with E-state index in [1.807, 2.05) is 38.8 Å². The van der Waals surface area contributed by atoms with Crippen LogP contribution in [0.3, 0.4) is 0 Å². The number of esters is 1. The van der Waals surface area contributed by atoms with Crippen LogP contribution in [0.5, 0.6) is 0 Å². The molecule has 0 aliphatic rings. The maximum atomic E-state index is 13.8. The predicted octanol–water partition coefficient (Wildman–Crippen LogP) is 5.06. The largest absolute Gasteiger partial charge is 0.457 e. The molecule has 0 saturated carbocycles. The van der Waals surface area contributed by atoms with Crippen LogP contribution >= 0.6 is 11.6 Å². The lowest BCUT2D eigenvalue weighted by molar-refractivity contribution is 0.0468. The summed E-state index contributed by atoms with van der Waals surface area (Å²) in [5.74, 6) is -1.02. The highest BCUT2D eigenvalue weighted by molar-refractivity contribution is 6.31. The number of carbonyl (C=O) groups excluding carboxylic acids is 1. The van der Waals surface area contributed by atoms with Crippen molar-refractivity contribution in [3.05, 3.63) is 63.4 Å². The van der Waals surface area contributed by atoms with Crippen LogP contribution in [0, 0.1) is 19.7 Å². The smallest absolute Gasteiger partial charge is 0.338 e. The summed E-state index contributed by atoms with van der Waals surface area (Å²) in [5.41, 5.74) is 2.98. The Morgan fingerprint density at radius 2 is 2.04 bits per heavy atom. The van der Waals surface area contributed by atoms with Crippen LogP contribution in [-0.2, 0) is 11.3 Å². The summed E-state index contributed by atoms with van der Waals surface area (Å²) in [4.78, 5) is 18.8. The standard InChI is InChI=1S/C20H22ClFN2O2/c1-5-24(4)12-23-19-10-13(2)15(9-14(19)3)20(25)26-11-16-17(21)7-6-8-18(16)22/h6-10,12H,5,11H2,1-4H3/b23-12+. The molecule has 0 aliphatic carbocycles. The molecule has 2 aromatic rings. The van der Waals surface area contributed by atoms with Crippen molar-refractivity contribution in [1.82, 2.24) is 4.90 Å². The van der Waals surface area contributed by atoms with E-state index in [0.29, 0.717) is 5.56 Å². The zero-order chi connectivity index (χ0) is 19.3. The summed E-state index contributed by atoms with van der Waals surface area (Å²) in [6, 6.07) is 7.92. The summed E-state index contributed by atoms with van der Waals surface area (Å²) in [6.07, 6.45) is 1.75. The van der Waals surface area contributed by atoms with Gasteiger partial charge >= 0.3 is 5.97 Å². The van der Waals surface area contributed by atoms with Crippen molar-refractivity contribution in [2.75, 3.05) is 13.6 Å². The van der Waals surface area contributed by atoms with Gasteiger partial charge in [-0.25, -0.2) is 14.2 Å². The van der Waals surface area contributed by atoms with Crippen molar-refractivity contribution in [3.63, 3.8) is 0 Å². The topological polar surface area (TPSA) is 41.9 Å². The molecule has 0 unspecified atom stereocenters. The van der Waals surface area contributed by atoms with Crippen LogP contribution in [0.15, 0.2) is 35.3 Å². The van der Waals surface area contributed by atoms with E-state index in [0.717, 1.165) is 23.4 Å². The number of rotatable bonds is 6. The fourth-order valence-corrected chi connectivity index (χ4v) is 2.51. The van der Waals surface area contributed by atoms with Crippen LogP contribution in [0.1, 0.15) is 34.0 Å². The molecule has 2 aromatic carbocycles. The highest BCUT2D eigenvalue weighted by Gasteiger charge is 2.15. The van der Waals surface area contributed by atoms with Crippen molar-refractivity contribution < 1.29 is 13.9 Å². The predicted molar refractivity (Wildman–Crippen MR) is 103 cm³/mol. The minimum absolute atomic E-state index is 0.167. The van der Waals surface area contributed by atoms with Gasteiger partial charge in [-0.15, -0.1) is 0 Å². The van der Waals surface area contributed by atoms with Gasteiger partial charge < -0.3 is 9.64 Å². The van der Waals surface area contributed by atoms with Gasteiger partial charge in [0, 0.05) is 19.2 Å². The summed E-state index contributed by atoms with van der Waals surface area (Å²) < 4.78 is 19.0. The van der Waals surface area contributed by atoms with Crippen LogP contribution in [0.25, 0.3) is 0 Å². The average molecular weight is 377 g/mol. The molecule has 0 spiro atoms. The molecule has 0 saturated heterocycles. The van der Waals surface area contributed by atoms with Gasteiger partial charge in [0.15, 0.2) is 0 Å². The summed E-state index contributed by atoms with van der Waals surface area (Å²) in [7, 11) is 1.94. The molecule has 26 heavy (non-hydrogen) atoms. The van der Waals surface area contributed by atoms with Crippen molar-refractivity contribution in [2.45, 2.75) is 27.4 Å². The first kappa shape index (κ1) is 19.9. The van der Waals surface area contributed by atoms with E-state index in [2.05, 4.69) is 4.99 Å². The third-order valence-corrected chi connectivity index (χ3v) is 4.42. The number of halogens is 2. The first-order valence-corrected chi connectivity index (χ1v) is 8.67. The van der Waals surface area contributed by atoms with Gasteiger partial charge in [-0.1, -0.05) is 17.7 Å². The highest BCUT2D eigenvalue weighted by atomic mass is 35.5. The van der Waals surface area contributed by atoms with Crippen molar-refractivity contribution in [1.29, 1.82) is 0 Å². The Bertz CT molecular complexity index is 817. The Morgan fingerprint density at radius 1 is 1.31 bits per heavy atom. The minimum atomic E-state index is -0.522. The fourth-order valence-electron chi connectivity index (χ4n) is 2.29. The van der Waals surface area contributed by atoms with Gasteiger partial charge in [-0.3, -0.25) is 0 Å². The second kappa shape index (κ2) is 8.81. The van der Waals surface area contributed by atoms with E-state index in [1.165, 1.54) is 12.1 Å². The van der Waals surface area contributed by atoms with Crippen LogP contribution in [0.2, 0.25) is 5.02 Å². The molecule has 0 amide bonds. The number of hydrogen-bond acceptors (Lipinski definition) is 3. The number of benzene rings is 2. The van der Waals surface area contributed by atoms with Crippen molar-refractivity contribution in [3.8, 4) is 0 Å². The van der Waals surface area contributed by atoms with Gasteiger partial charge in [-0.2, -0.15) is 0 Å². The van der Waals surface area contributed by atoms with E-state index in [4.69, 9.17) is 16.3 Å². The molecule has 0 radical (unpaired) electrons. The zero-order valence-corrected chi connectivity index (χ0v) is 16.1. The molecule has 0 heterocycles. The molecular weight excluding hydrogens is 355 g/mol. The van der Waals surface area contributed by atoms with Crippen LogP contribution in [0.4, 0.5) is 10.1 Å². The van der Waals surface area contributed by atoms with Gasteiger partial charge in [0.2, 0.25) is 0 Å². The van der Waals surface area contributed by atoms with Gasteiger partial charge in [-0.05, 0) is 56.2 Å².